The highest BCUT2D eigenvalue weighted by atomic mass is 19.1. The van der Waals surface area contributed by atoms with Gasteiger partial charge in [-0.15, -0.1) is 0 Å². The summed E-state index contributed by atoms with van der Waals surface area (Å²) in [6.45, 7) is 1.83. The number of carbonyl (C=O) groups is 4. The van der Waals surface area contributed by atoms with Crippen LogP contribution in [-0.4, -0.2) is 80.9 Å². The Bertz CT molecular complexity index is 1430. The van der Waals surface area contributed by atoms with E-state index in [4.69, 9.17) is 0 Å². The zero-order valence-electron chi connectivity index (χ0n) is 23.3. The molecule has 4 aliphatic carbocycles. The van der Waals surface area contributed by atoms with Crippen molar-refractivity contribution in [1.29, 1.82) is 0 Å². The molecule has 5 aliphatic rings. The van der Waals surface area contributed by atoms with E-state index in [0.717, 1.165) is 11.0 Å². The number of allylic oxidation sites excluding steroid dienone is 4. The van der Waals surface area contributed by atoms with Gasteiger partial charge in [-0.3, -0.25) is 9.59 Å². The van der Waals surface area contributed by atoms with Gasteiger partial charge in [-0.1, -0.05) is 31.2 Å². The Morgan fingerprint density at radius 2 is 1.79 bits per heavy atom. The third-order valence-corrected chi connectivity index (χ3v) is 11.5. The van der Waals surface area contributed by atoms with Crippen LogP contribution in [-0.2, 0) is 14.4 Å². The number of aliphatic hydroxyl groups excluding tert-OH is 2. The van der Waals surface area contributed by atoms with E-state index in [1.54, 1.807) is 37.3 Å². The summed E-state index contributed by atoms with van der Waals surface area (Å²) in [5.74, 6) is -5.43. The number of aliphatic carboxylic acids is 1. The van der Waals surface area contributed by atoms with Gasteiger partial charge in [-0.05, 0) is 67.4 Å². The van der Waals surface area contributed by atoms with E-state index in [1.165, 1.54) is 19.1 Å². The summed E-state index contributed by atoms with van der Waals surface area (Å²) in [7, 11) is 0. The molecule has 1 aromatic carbocycles. The van der Waals surface area contributed by atoms with Gasteiger partial charge in [0, 0.05) is 29.5 Å². The first kappa shape index (κ1) is 28.7. The van der Waals surface area contributed by atoms with Gasteiger partial charge in [-0.25, -0.2) is 18.4 Å². The van der Waals surface area contributed by atoms with Gasteiger partial charge in [0.15, 0.2) is 17.2 Å². The molecule has 0 radical (unpaired) electrons. The number of para-hydroxylation sites is 1. The maximum absolute atomic E-state index is 17.6. The van der Waals surface area contributed by atoms with Gasteiger partial charge >= 0.3 is 12.0 Å². The van der Waals surface area contributed by atoms with Gasteiger partial charge in [0.2, 0.25) is 0 Å². The number of halogens is 2. The number of aliphatic hydroxyl groups is 2. The highest BCUT2D eigenvalue weighted by Gasteiger charge is 2.80. The quantitative estimate of drug-likeness (QED) is 0.426. The van der Waals surface area contributed by atoms with Gasteiger partial charge < -0.3 is 25.5 Å². The number of anilines is 1. The fourth-order valence-corrected chi connectivity index (χ4v) is 9.65. The Balaban J connectivity index is 1.45. The van der Waals surface area contributed by atoms with E-state index in [-0.39, 0.29) is 31.4 Å². The zero-order chi connectivity index (χ0) is 30.4. The first-order valence-corrected chi connectivity index (χ1v) is 14.2. The van der Waals surface area contributed by atoms with Crippen molar-refractivity contribution in [1.82, 2.24) is 4.90 Å². The lowest BCUT2D eigenvalue weighted by atomic mass is 9.43. The molecule has 10 atom stereocenters. The lowest BCUT2D eigenvalue weighted by Gasteiger charge is -2.63. The zero-order valence-corrected chi connectivity index (χ0v) is 23.3. The molecule has 1 aliphatic heterocycles. The first-order valence-electron chi connectivity index (χ1n) is 14.2. The number of rotatable bonds is 4. The van der Waals surface area contributed by atoms with Crippen LogP contribution in [0.25, 0.3) is 0 Å². The van der Waals surface area contributed by atoms with Crippen LogP contribution in [0.3, 0.4) is 0 Å². The van der Waals surface area contributed by atoms with Crippen molar-refractivity contribution in [3.63, 3.8) is 0 Å². The van der Waals surface area contributed by atoms with Gasteiger partial charge in [0.05, 0.1) is 11.5 Å². The minimum Gasteiger partial charge on any atom is -0.480 e. The number of carboxylic acid groups (broad SMARTS) is 1. The first-order chi connectivity index (χ1) is 19.8. The van der Waals surface area contributed by atoms with Crippen molar-refractivity contribution in [2.24, 2.45) is 34.0 Å². The van der Waals surface area contributed by atoms with Crippen molar-refractivity contribution in [3.8, 4) is 0 Å². The second-order valence-electron chi connectivity index (χ2n) is 13.0. The number of likely N-dealkylation sites (tertiary alicyclic amines) is 1. The lowest BCUT2D eigenvalue weighted by molar-refractivity contribution is -0.211. The van der Waals surface area contributed by atoms with Crippen LogP contribution in [0.5, 0.6) is 0 Å². The van der Waals surface area contributed by atoms with Crippen molar-refractivity contribution in [2.45, 2.75) is 57.1 Å². The van der Waals surface area contributed by atoms with Crippen LogP contribution >= 0.6 is 0 Å². The normalized spacial score (nSPS) is 43.5. The standard InChI is InChI=1S/C31H34F2N2O7/c1-28-9-8-17(37)10-20(28)22(32)12-19-18-11-21-25(26(40)41)35(27(42)34-16-6-4-3-5-7-16)15-30(21,24(39)14-36)29(18,2)13-23(38)31(19,28)33/h3-10,18-19,21-23,25,36,38H,11-15H2,1-2H3,(H,34,42)(H,40,41)/t18-,19-,21-,22-,23-,25?,28-,29-,30+,31-/m0/s1. The molecule has 0 bridgehead atoms. The molecule has 2 amide bonds. The molecule has 224 valence electrons. The smallest absolute Gasteiger partial charge is 0.326 e. The number of nitrogens with one attached hydrogen (secondary N) is 1. The molecule has 9 nitrogen and oxygen atoms in total. The van der Waals surface area contributed by atoms with Gasteiger partial charge in [-0.2, -0.15) is 0 Å². The minimum absolute atomic E-state index is 0.0259. The van der Waals surface area contributed by atoms with Crippen LogP contribution in [0, 0.1) is 34.0 Å². The summed E-state index contributed by atoms with van der Waals surface area (Å²) >= 11 is 0. The van der Waals surface area contributed by atoms with Crippen LogP contribution < -0.4 is 5.32 Å². The summed E-state index contributed by atoms with van der Waals surface area (Å²) < 4.78 is 33.4. The SMILES string of the molecule is C[C@]12C=CC(=O)C=C1[C@@H](F)C[C@H]1[C@@H]3C[C@H]4C(C(=O)O)N(C(=O)Nc5ccccc5)C[C@@]4(C(=O)CO)[C@@]3(C)C[C@H](O)[C@@]12F. The summed E-state index contributed by atoms with van der Waals surface area (Å²) in [6, 6.07) is 6.16. The number of carboxylic acids is 1. The highest BCUT2D eigenvalue weighted by Crippen LogP contribution is 2.75. The topological polar surface area (TPSA) is 144 Å². The Hall–Kier alpha value is -3.44. The number of hydrogen-bond donors (Lipinski definition) is 4. The minimum atomic E-state index is -2.41. The molecule has 6 rings (SSSR count). The number of nitrogens with zero attached hydrogens (tertiary/aromatic N) is 1. The molecule has 0 aromatic heterocycles. The molecule has 1 heterocycles. The van der Waals surface area contributed by atoms with Crippen LogP contribution in [0.1, 0.15) is 33.1 Å². The number of benzene rings is 1. The molecule has 0 spiro atoms. The summed E-state index contributed by atoms with van der Waals surface area (Å²) in [4.78, 5) is 53.2. The van der Waals surface area contributed by atoms with Crippen LogP contribution in [0.15, 0.2) is 54.1 Å². The monoisotopic (exact) mass is 584 g/mol. The Kier molecular flexibility index (Phi) is 6.33. The number of amides is 2. The largest absolute Gasteiger partial charge is 0.480 e. The molecular weight excluding hydrogens is 550 g/mol. The van der Waals surface area contributed by atoms with E-state index in [1.807, 2.05) is 0 Å². The summed E-state index contributed by atoms with van der Waals surface area (Å²) in [5.41, 5.74) is -6.58. The summed E-state index contributed by atoms with van der Waals surface area (Å²) in [6.07, 6.45) is -0.494. The third kappa shape index (κ3) is 3.40. The van der Waals surface area contributed by atoms with E-state index >= 15 is 8.78 Å². The predicted molar refractivity (Wildman–Crippen MR) is 146 cm³/mol. The second kappa shape index (κ2) is 9.28. The molecule has 4 N–H and O–H groups in total. The average Bonchev–Trinajstić information content (AvgIpc) is 3.42. The molecule has 1 aromatic rings. The third-order valence-electron chi connectivity index (χ3n) is 11.5. The van der Waals surface area contributed by atoms with E-state index in [9.17, 15) is 34.5 Å². The average molecular weight is 585 g/mol. The number of hydrogen-bond acceptors (Lipinski definition) is 6. The Morgan fingerprint density at radius 3 is 2.43 bits per heavy atom. The number of ketones is 2. The Labute approximate surface area is 241 Å². The number of carbonyl (C=O) groups excluding carboxylic acids is 3. The van der Waals surface area contributed by atoms with Crippen molar-refractivity contribution < 1.29 is 43.3 Å². The second-order valence-corrected chi connectivity index (χ2v) is 13.0. The molecular formula is C31H34F2N2O7. The van der Waals surface area contributed by atoms with E-state index < -0.39 is 88.2 Å². The Morgan fingerprint density at radius 1 is 1.10 bits per heavy atom. The fraction of sp³-hybridized carbons (Fsp3) is 0.548. The molecule has 3 saturated carbocycles. The van der Waals surface area contributed by atoms with Crippen LogP contribution in [0.4, 0.5) is 19.3 Å². The molecule has 4 fully saturated rings. The molecule has 11 heteroatoms. The fourth-order valence-electron chi connectivity index (χ4n) is 9.65. The molecule has 1 saturated heterocycles. The number of alkyl halides is 2. The van der Waals surface area contributed by atoms with Crippen molar-refractivity contribution in [2.75, 3.05) is 18.5 Å². The van der Waals surface area contributed by atoms with Gasteiger partial charge in [0.1, 0.15) is 18.8 Å². The highest BCUT2D eigenvalue weighted by molar-refractivity contribution is 6.01. The van der Waals surface area contributed by atoms with Gasteiger partial charge in [0.25, 0.3) is 0 Å². The van der Waals surface area contributed by atoms with E-state index in [2.05, 4.69) is 5.32 Å². The van der Waals surface area contributed by atoms with Crippen LogP contribution in [0.2, 0.25) is 0 Å². The number of fused-ring (bicyclic) bond motifs is 7. The van der Waals surface area contributed by atoms with Crippen molar-refractivity contribution >= 4 is 29.3 Å². The maximum atomic E-state index is 17.6. The number of Topliss-reactive ketones (excluding diaryl/α,β-unsaturated/α-hetero) is 1. The van der Waals surface area contributed by atoms with E-state index in [0.29, 0.717) is 5.69 Å². The summed E-state index contributed by atoms with van der Waals surface area (Å²) in [5, 5.41) is 34.9. The number of urea groups is 1. The molecule has 1 unspecified atom stereocenters. The molecule has 42 heavy (non-hydrogen) atoms. The maximum Gasteiger partial charge on any atom is 0.326 e. The predicted octanol–water partition coefficient (Wildman–Crippen LogP) is 3.08. The lowest BCUT2D eigenvalue weighted by Crippen LogP contribution is -2.69. The van der Waals surface area contributed by atoms with Crippen molar-refractivity contribution in [3.05, 3.63) is 54.1 Å².